The van der Waals surface area contributed by atoms with E-state index in [1.54, 1.807) is 24.3 Å². The fourth-order valence-corrected chi connectivity index (χ4v) is 3.35. The number of hydrogen-bond acceptors (Lipinski definition) is 4. The van der Waals surface area contributed by atoms with Crippen LogP contribution in [0.5, 0.6) is 0 Å². The molecule has 4 rings (SSSR count). The van der Waals surface area contributed by atoms with Crippen molar-refractivity contribution in [2.75, 3.05) is 17.3 Å². The molecule has 0 saturated carbocycles. The van der Waals surface area contributed by atoms with Crippen LogP contribution in [0.1, 0.15) is 10.4 Å². The highest BCUT2D eigenvalue weighted by atomic mass is 35.5. The topological polar surface area (TPSA) is 58.1 Å². The van der Waals surface area contributed by atoms with Gasteiger partial charge in [-0.25, -0.2) is 4.98 Å². The first-order valence-electron chi connectivity index (χ1n) is 8.84. The Balaban J connectivity index is 1.68. The molecule has 0 unspecified atom stereocenters. The number of nitrogens with one attached hydrogen (secondary N) is 1. The van der Waals surface area contributed by atoms with Crippen LogP contribution < -0.4 is 10.2 Å². The largest absolute Gasteiger partial charge is 0.329 e. The number of anilines is 3. The summed E-state index contributed by atoms with van der Waals surface area (Å²) in [7, 11) is 1.86. The Kier molecular flexibility index (Phi) is 5.34. The molecule has 0 bridgehead atoms. The monoisotopic (exact) mass is 422 g/mol. The van der Waals surface area contributed by atoms with Gasteiger partial charge in [-0.1, -0.05) is 35.9 Å². The molecule has 1 aromatic heterocycles. The Bertz CT molecular complexity index is 1190. The SMILES string of the molecule is CN(c1cccc(C(=O)Nc2ccccc2)c1)c1nc(Cl)nc2cc(Cl)ccc12. The van der Waals surface area contributed by atoms with Crippen LogP contribution in [0, 0.1) is 0 Å². The molecule has 3 aromatic carbocycles. The number of carbonyl (C=O) groups is 1. The molecule has 0 fully saturated rings. The third kappa shape index (κ3) is 4.16. The fraction of sp³-hybridized carbons (Fsp3) is 0.0455. The predicted molar refractivity (Wildman–Crippen MR) is 118 cm³/mol. The van der Waals surface area contributed by atoms with Crippen molar-refractivity contribution >= 4 is 57.2 Å². The van der Waals surface area contributed by atoms with Gasteiger partial charge in [-0.15, -0.1) is 0 Å². The van der Waals surface area contributed by atoms with Gasteiger partial charge in [0.15, 0.2) is 0 Å². The molecule has 0 saturated heterocycles. The maximum atomic E-state index is 12.6. The van der Waals surface area contributed by atoms with Crippen LogP contribution in [0.25, 0.3) is 10.9 Å². The van der Waals surface area contributed by atoms with Gasteiger partial charge in [0.05, 0.1) is 5.52 Å². The minimum atomic E-state index is -0.191. The van der Waals surface area contributed by atoms with E-state index in [1.807, 2.05) is 60.5 Å². The van der Waals surface area contributed by atoms with Crippen LogP contribution in [-0.2, 0) is 0 Å². The van der Waals surface area contributed by atoms with Crippen LogP contribution in [0.4, 0.5) is 17.2 Å². The minimum absolute atomic E-state index is 0.125. The van der Waals surface area contributed by atoms with Gasteiger partial charge in [0, 0.05) is 34.4 Å². The van der Waals surface area contributed by atoms with Crippen molar-refractivity contribution in [3.63, 3.8) is 0 Å². The molecule has 144 valence electrons. The number of benzene rings is 3. The number of halogens is 2. The first-order valence-corrected chi connectivity index (χ1v) is 9.60. The highest BCUT2D eigenvalue weighted by Crippen LogP contribution is 2.31. The fourth-order valence-electron chi connectivity index (χ4n) is 3.02. The van der Waals surface area contributed by atoms with E-state index < -0.39 is 0 Å². The van der Waals surface area contributed by atoms with Crippen LogP contribution in [-0.4, -0.2) is 22.9 Å². The average molecular weight is 423 g/mol. The predicted octanol–water partition coefficient (Wildman–Crippen LogP) is 5.96. The third-order valence-corrected chi connectivity index (χ3v) is 4.86. The number of amides is 1. The lowest BCUT2D eigenvalue weighted by Crippen LogP contribution is -2.15. The lowest BCUT2D eigenvalue weighted by molar-refractivity contribution is 0.102. The second-order valence-corrected chi connectivity index (χ2v) is 7.18. The summed E-state index contributed by atoms with van der Waals surface area (Å²) in [5.74, 6) is 0.432. The Morgan fingerprint density at radius 1 is 0.931 bits per heavy atom. The zero-order chi connectivity index (χ0) is 20.4. The molecule has 0 radical (unpaired) electrons. The van der Waals surface area contributed by atoms with Crippen molar-refractivity contribution in [1.29, 1.82) is 0 Å². The molecule has 0 aliphatic heterocycles. The summed E-state index contributed by atoms with van der Waals surface area (Å²) in [5, 5.41) is 4.39. The molecule has 1 amide bonds. The van der Waals surface area contributed by atoms with Gasteiger partial charge in [0.2, 0.25) is 5.28 Å². The number of fused-ring (bicyclic) bond motifs is 1. The van der Waals surface area contributed by atoms with E-state index in [9.17, 15) is 4.79 Å². The molecular weight excluding hydrogens is 407 g/mol. The summed E-state index contributed by atoms with van der Waals surface area (Å²) >= 11 is 12.2. The summed E-state index contributed by atoms with van der Waals surface area (Å²) in [5.41, 5.74) is 2.71. The molecule has 5 nitrogen and oxygen atoms in total. The quantitative estimate of drug-likeness (QED) is 0.412. The second kappa shape index (κ2) is 8.07. The lowest BCUT2D eigenvalue weighted by atomic mass is 10.1. The summed E-state index contributed by atoms with van der Waals surface area (Å²) < 4.78 is 0. The van der Waals surface area contributed by atoms with Crippen molar-refractivity contribution in [2.45, 2.75) is 0 Å². The molecule has 0 aliphatic rings. The first-order chi connectivity index (χ1) is 14.0. The molecule has 0 aliphatic carbocycles. The van der Waals surface area contributed by atoms with Gasteiger partial charge in [-0.2, -0.15) is 4.98 Å². The van der Waals surface area contributed by atoms with E-state index in [2.05, 4.69) is 15.3 Å². The second-order valence-electron chi connectivity index (χ2n) is 6.41. The third-order valence-electron chi connectivity index (χ3n) is 4.46. The van der Waals surface area contributed by atoms with E-state index >= 15 is 0 Å². The van der Waals surface area contributed by atoms with E-state index in [0.717, 1.165) is 16.8 Å². The Hall–Kier alpha value is -3.15. The van der Waals surface area contributed by atoms with Gasteiger partial charge in [-0.3, -0.25) is 4.79 Å². The lowest BCUT2D eigenvalue weighted by Gasteiger charge is -2.21. The summed E-state index contributed by atoms with van der Waals surface area (Å²) in [4.78, 5) is 23.1. The smallest absolute Gasteiger partial charge is 0.255 e. The van der Waals surface area contributed by atoms with E-state index in [4.69, 9.17) is 23.2 Å². The van der Waals surface area contributed by atoms with E-state index in [1.165, 1.54) is 0 Å². The van der Waals surface area contributed by atoms with Crippen molar-refractivity contribution < 1.29 is 4.79 Å². The highest BCUT2D eigenvalue weighted by Gasteiger charge is 2.15. The highest BCUT2D eigenvalue weighted by molar-refractivity contribution is 6.31. The van der Waals surface area contributed by atoms with Gasteiger partial charge in [-0.05, 0) is 60.1 Å². The molecule has 0 spiro atoms. The zero-order valence-corrected chi connectivity index (χ0v) is 16.9. The maximum Gasteiger partial charge on any atom is 0.255 e. The molecule has 0 atom stereocenters. The Labute approximate surface area is 177 Å². The van der Waals surface area contributed by atoms with Gasteiger partial charge >= 0.3 is 0 Å². The number of carbonyl (C=O) groups excluding carboxylic acids is 1. The van der Waals surface area contributed by atoms with Crippen molar-refractivity contribution in [2.24, 2.45) is 0 Å². The number of hydrogen-bond donors (Lipinski definition) is 1. The zero-order valence-electron chi connectivity index (χ0n) is 15.4. The number of aromatic nitrogens is 2. The van der Waals surface area contributed by atoms with Crippen molar-refractivity contribution in [3.8, 4) is 0 Å². The van der Waals surface area contributed by atoms with Crippen LogP contribution in [0.15, 0.2) is 72.8 Å². The van der Waals surface area contributed by atoms with Gasteiger partial charge < -0.3 is 10.2 Å². The average Bonchev–Trinajstić information content (AvgIpc) is 2.73. The number of nitrogens with zero attached hydrogens (tertiary/aromatic N) is 3. The summed E-state index contributed by atoms with van der Waals surface area (Å²) in [6.07, 6.45) is 0. The van der Waals surface area contributed by atoms with Crippen LogP contribution in [0.3, 0.4) is 0 Å². The molecule has 1 heterocycles. The van der Waals surface area contributed by atoms with E-state index in [-0.39, 0.29) is 11.2 Å². The maximum absolute atomic E-state index is 12.6. The van der Waals surface area contributed by atoms with Gasteiger partial charge in [0.25, 0.3) is 5.91 Å². The molecule has 29 heavy (non-hydrogen) atoms. The normalized spacial score (nSPS) is 10.7. The first kappa shape index (κ1) is 19.2. The number of para-hydroxylation sites is 1. The molecule has 7 heteroatoms. The number of rotatable bonds is 4. The summed E-state index contributed by atoms with van der Waals surface area (Å²) in [6.45, 7) is 0. The van der Waals surface area contributed by atoms with Crippen LogP contribution in [0.2, 0.25) is 10.3 Å². The molecule has 4 aromatic rings. The minimum Gasteiger partial charge on any atom is -0.329 e. The van der Waals surface area contributed by atoms with E-state index in [0.29, 0.717) is 21.9 Å². The molecular formula is C22H16Cl2N4O. The van der Waals surface area contributed by atoms with Gasteiger partial charge in [0.1, 0.15) is 5.82 Å². The van der Waals surface area contributed by atoms with Crippen LogP contribution >= 0.6 is 23.2 Å². The molecule has 1 N–H and O–H groups in total. The standard InChI is InChI=1S/C22H16Cl2N4O/c1-28(20-18-11-10-15(23)13-19(18)26-22(24)27-20)17-9-5-6-14(12-17)21(29)25-16-7-3-2-4-8-16/h2-13H,1H3,(H,25,29). The Morgan fingerprint density at radius 3 is 2.52 bits per heavy atom. The van der Waals surface area contributed by atoms with Crippen molar-refractivity contribution in [1.82, 2.24) is 9.97 Å². The Morgan fingerprint density at radius 2 is 1.72 bits per heavy atom. The van der Waals surface area contributed by atoms with Crippen molar-refractivity contribution in [3.05, 3.63) is 88.7 Å². The summed E-state index contributed by atoms with van der Waals surface area (Å²) in [6, 6.07) is 22.0.